The van der Waals surface area contributed by atoms with Gasteiger partial charge in [0.1, 0.15) is 23.5 Å². The maximum Gasteiger partial charge on any atom is 0.411 e. The van der Waals surface area contributed by atoms with Gasteiger partial charge in [0, 0.05) is 43.3 Å². The zero-order chi connectivity index (χ0) is 28.2. The van der Waals surface area contributed by atoms with Gasteiger partial charge < -0.3 is 19.7 Å². The van der Waals surface area contributed by atoms with E-state index in [-0.39, 0.29) is 30.1 Å². The van der Waals surface area contributed by atoms with Crippen LogP contribution < -0.4 is 10.2 Å². The average molecular weight is 554 g/mol. The Morgan fingerprint density at radius 3 is 2.60 bits per heavy atom. The SMILES string of the molecule is CC(C)(C)OC(=O)N1C2CCC(C2)C1C(=O)N[C@H](C#N)Cc1ccc(N2CCC3C2CCN3C2COC2)cc1F. The van der Waals surface area contributed by atoms with E-state index >= 15 is 4.39 Å². The van der Waals surface area contributed by atoms with Crippen LogP contribution in [0, 0.1) is 23.1 Å². The number of nitriles is 1. The van der Waals surface area contributed by atoms with Crippen LogP contribution in [0.2, 0.25) is 0 Å². The van der Waals surface area contributed by atoms with E-state index in [0.717, 1.165) is 64.1 Å². The number of benzene rings is 1. The highest BCUT2D eigenvalue weighted by Gasteiger charge is 2.53. The van der Waals surface area contributed by atoms with Crippen molar-refractivity contribution in [2.75, 3.05) is 31.2 Å². The Labute approximate surface area is 235 Å². The molecule has 4 heterocycles. The third-order valence-electron chi connectivity index (χ3n) is 9.43. The van der Waals surface area contributed by atoms with E-state index in [9.17, 15) is 14.9 Å². The molecule has 4 aliphatic heterocycles. The van der Waals surface area contributed by atoms with Crippen LogP contribution in [0.15, 0.2) is 18.2 Å². The Bertz CT molecular complexity index is 1190. The van der Waals surface area contributed by atoms with Crippen molar-refractivity contribution in [3.63, 3.8) is 0 Å². The van der Waals surface area contributed by atoms with Gasteiger partial charge in [-0.25, -0.2) is 9.18 Å². The number of amides is 2. The Kier molecular flexibility index (Phi) is 7.16. The lowest BCUT2D eigenvalue weighted by atomic mass is 9.97. The van der Waals surface area contributed by atoms with Crippen molar-refractivity contribution in [2.24, 2.45) is 5.92 Å². The monoisotopic (exact) mass is 553 g/mol. The van der Waals surface area contributed by atoms with Gasteiger partial charge >= 0.3 is 6.09 Å². The van der Waals surface area contributed by atoms with Crippen LogP contribution in [-0.2, 0) is 20.7 Å². The molecule has 1 aliphatic carbocycles. The number of likely N-dealkylation sites (tertiary alicyclic amines) is 2. The van der Waals surface area contributed by atoms with Crippen LogP contribution in [0.25, 0.3) is 0 Å². The number of nitrogens with one attached hydrogen (secondary N) is 1. The van der Waals surface area contributed by atoms with Crippen LogP contribution >= 0.6 is 0 Å². The normalized spacial score (nSPS) is 30.6. The third kappa shape index (κ3) is 5.03. The number of hydrogen-bond acceptors (Lipinski definition) is 7. The summed E-state index contributed by atoms with van der Waals surface area (Å²) in [5, 5.41) is 12.6. The molecule has 2 amide bonds. The zero-order valence-electron chi connectivity index (χ0n) is 23.6. The first-order valence-corrected chi connectivity index (χ1v) is 14.7. The molecule has 40 heavy (non-hydrogen) atoms. The largest absolute Gasteiger partial charge is 0.444 e. The summed E-state index contributed by atoms with van der Waals surface area (Å²) in [7, 11) is 0. The Morgan fingerprint density at radius 2 is 1.93 bits per heavy atom. The number of anilines is 1. The molecule has 0 spiro atoms. The second kappa shape index (κ2) is 10.5. The number of fused-ring (bicyclic) bond motifs is 3. The maximum absolute atomic E-state index is 15.4. The van der Waals surface area contributed by atoms with Gasteiger partial charge in [-0.15, -0.1) is 0 Å². The first-order valence-electron chi connectivity index (χ1n) is 14.7. The minimum atomic E-state index is -0.906. The van der Waals surface area contributed by atoms with E-state index in [0.29, 0.717) is 23.7 Å². The zero-order valence-corrected chi connectivity index (χ0v) is 23.6. The highest BCUT2D eigenvalue weighted by molar-refractivity contribution is 5.87. The van der Waals surface area contributed by atoms with E-state index in [2.05, 4.69) is 21.2 Å². The lowest BCUT2D eigenvalue weighted by molar-refractivity contribution is -0.128. The van der Waals surface area contributed by atoms with E-state index in [4.69, 9.17) is 9.47 Å². The van der Waals surface area contributed by atoms with Crippen molar-refractivity contribution in [3.05, 3.63) is 29.6 Å². The topological polar surface area (TPSA) is 98.1 Å². The molecule has 1 N–H and O–H groups in total. The molecule has 0 aromatic heterocycles. The van der Waals surface area contributed by atoms with Crippen LogP contribution in [0.5, 0.6) is 0 Å². The summed E-state index contributed by atoms with van der Waals surface area (Å²) >= 11 is 0. The molecular weight excluding hydrogens is 513 g/mol. The van der Waals surface area contributed by atoms with E-state index in [1.165, 1.54) is 0 Å². The molecule has 6 rings (SSSR count). The minimum Gasteiger partial charge on any atom is -0.444 e. The molecule has 5 unspecified atom stereocenters. The maximum atomic E-state index is 15.4. The number of carbonyl (C=O) groups excluding carboxylic acids is 2. The first-order chi connectivity index (χ1) is 19.1. The number of halogens is 1. The summed E-state index contributed by atoms with van der Waals surface area (Å²) in [6, 6.07) is 7.16. The van der Waals surface area contributed by atoms with Crippen molar-refractivity contribution in [1.29, 1.82) is 5.26 Å². The molecule has 1 aromatic rings. The summed E-state index contributed by atoms with van der Waals surface area (Å²) in [5.74, 6) is -0.694. The molecule has 2 bridgehead atoms. The molecule has 216 valence electrons. The van der Waals surface area contributed by atoms with Crippen LogP contribution in [0.3, 0.4) is 0 Å². The average Bonchev–Trinajstić information content (AvgIpc) is 3.64. The summed E-state index contributed by atoms with van der Waals surface area (Å²) in [4.78, 5) is 32.8. The smallest absolute Gasteiger partial charge is 0.411 e. The highest BCUT2D eigenvalue weighted by atomic mass is 19.1. The number of rotatable bonds is 6. The third-order valence-corrected chi connectivity index (χ3v) is 9.43. The Morgan fingerprint density at radius 1 is 1.15 bits per heavy atom. The van der Waals surface area contributed by atoms with Crippen LogP contribution in [0.1, 0.15) is 58.4 Å². The van der Waals surface area contributed by atoms with Gasteiger partial charge in [-0.05, 0) is 76.5 Å². The van der Waals surface area contributed by atoms with Gasteiger partial charge in [-0.1, -0.05) is 6.07 Å². The minimum absolute atomic E-state index is 0.0275. The fourth-order valence-electron chi connectivity index (χ4n) is 7.60. The number of hydrogen-bond donors (Lipinski definition) is 1. The van der Waals surface area contributed by atoms with E-state index in [1.54, 1.807) is 37.8 Å². The molecular formula is C30H40FN5O4. The predicted molar refractivity (Wildman–Crippen MR) is 146 cm³/mol. The summed E-state index contributed by atoms with van der Waals surface area (Å²) in [6.45, 7) is 8.97. The van der Waals surface area contributed by atoms with Crippen molar-refractivity contribution in [1.82, 2.24) is 15.1 Å². The van der Waals surface area contributed by atoms with Crippen molar-refractivity contribution in [3.8, 4) is 6.07 Å². The van der Waals surface area contributed by atoms with Gasteiger partial charge in [0.15, 0.2) is 0 Å². The van der Waals surface area contributed by atoms with Crippen LogP contribution in [0.4, 0.5) is 14.9 Å². The molecule has 9 nitrogen and oxygen atoms in total. The fourth-order valence-corrected chi connectivity index (χ4v) is 7.60. The van der Waals surface area contributed by atoms with Gasteiger partial charge in [0.2, 0.25) is 5.91 Å². The Hall–Kier alpha value is -2.90. The number of ether oxygens (including phenoxy) is 2. The standard InChI is InChI=1S/C30H40FN5O4/c1-30(2,3)40-29(38)36-22-7-5-19(13-22)27(36)28(37)33-20(15-32)12-18-4-6-21(14-24(18)31)34-10-8-26-25(34)9-11-35(26)23-16-39-17-23/h4,6,14,19-20,22-23,25-27H,5,7-13,16-17H2,1-3H3,(H,33,37)/t19?,20-,22?,25?,26?,27?/m0/s1. The Balaban J connectivity index is 1.10. The molecule has 6 atom stereocenters. The van der Waals surface area contributed by atoms with Crippen molar-refractivity contribution >= 4 is 17.7 Å². The number of carbonyl (C=O) groups is 2. The highest BCUT2D eigenvalue weighted by Crippen LogP contribution is 2.43. The summed E-state index contributed by atoms with van der Waals surface area (Å²) in [5.41, 5.74) is 0.591. The lowest BCUT2D eigenvalue weighted by Gasteiger charge is -2.38. The van der Waals surface area contributed by atoms with Gasteiger partial charge in [0.25, 0.3) is 0 Å². The second-order valence-electron chi connectivity index (χ2n) is 13.1. The molecule has 0 radical (unpaired) electrons. The number of nitrogens with zero attached hydrogens (tertiary/aromatic N) is 4. The second-order valence-corrected chi connectivity index (χ2v) is 13.1. The molecule has 5 fully saturated rings. The molecule has 5 aliphatic rings. The number of piperidine rings is 1. The van der Waals surface area contributed by atoms with E-state index < -0.39 is 23.8 Å². The van der Waals surface area contributed by atoms with E-state index in [1.807, 2.05) is 6.07 Å². The molecule has 1 saturated carbocycles. The summed E-state index contributed by atoms with van der Waals surface area (Å²) in [6.07, 6.45) is 4.16. The molecule has 4 saturated heterocycles. The molecule has 1 aromatic carbocycles. The van der Waals surface area contributed by atoms with Crippen molar-refractivity contribution < 1.29 is 23.5 Å². The first kappa shape index (κ1) is 27.3. The van der Waals surface area contributed by atoms with Gasteiger partial charge in [0.05, 0.1) is 25.3 Å². The van der Waals surface area contributed by atoms with Gasteiger partial charge in [-0.3, -0.25) is 14.6 Å². The fraction of sp³-hybridized carbons (Fsp3) is 0.700. The quantitative estimate of drug-likeness (QED) is 0.578. The van der Waals surface area contributed by atoms with Crippen molar-refractivity contribution in [2.45, 2.75) is 101 Å². The lowest BCUT2D eigenvalue weighted by Crippen LogP contribution is -2.55. The van der Waals surface area contributed by atoms with Crippen LogP contribution in [-0.4, -0.2) is 90.0 Å². The summed E-state index contributed by atoms with van der Waals surface area (Å²) < 4.78 is 26.3. The van der Waals surface area contributed by atoms with Gasteiger partial charge in [-0.2, -0.15) is 5.26 Å². The predicted octanol–water partition coefficient (Wildman–Crippen LogP) is 3.22. The molecule has 10 heteroatoms.